The first kappa shape index (κ1) is 10.7. The van der Waals surface area contributed by atoms with Crippen molar-refractivity contribution in [3.8, 4) is 16.5 Å². The zero-order valence-electron chi connectivity index (χ0n) is 8.97. The van der Waals surface area contributed by atoms with Gasteiger partial charge in [0, 0.05) is 15.8 Å². The second-order valence-electron chi connectivity index (χ2n) is 3.50. The van der Waals surface area contributed by atoms with Crippen LogP contribution in [0.15, 0.2) is 42.5 Å². The summed E-state index contributed by atoms with van der Waals surface area (Å²) in [7, 11) is 0. The Labute approximate surface area is 99.3 Å². The lowest BCUT2D eigenvalue weighted by molar-refractivity contribution is 1.54. The Hall–Kier alpha value is -1.85. The van der Waals surface area contributed by atoms with E-state index in [4.69, 9.17) is 5.26 Å². The van der Waals surface area contributed by atoms with Gasteiger partial charge in [0.25, 0.3) is 0 Å². The van der Waals surface area contributed by atoms with E-state index in [0.717, 1.165) is 5.56 Å². The van der Waals surface area contributed by atoms with Crippen molar-refractivity contribution in [1.29, 1.82) is 5.26 Å². The second kappa shape index (κ2) is 4.78. The van der Waals surface area contributed by atoms with E-state index in [2.05, 4.69) is 31.2 Å². The van der Waals surface area contributed by atoms with Crippen molar-refractivity contribution < 1.29 is 0 Å². The number of aryl methyl sites for hydroxylation is 1. The normalized spacial score (nSPS) is 10.5. The molecule has 0 aliphatic rings. The number of hydrogen-bond acceptors (Lipinski definition) is 2. The molecule has 0 radical (unpaired) electrons. The third-order valence-corrected chi connectivity index (χ3v) is 3.31. The Morgan fingerprint density at radius 2 is 2.12 bits per heavy atom. The first-order valence-corrected chi connectivity index (χ1v) is 5.84. The molecule has 16 heavy (non-hydrogen) atoms. The molecule has 0 N–H and O–H groups in total. The summed E-state index contributed by atoms with van der Waals surface area (Å²) < 4.78 is 0. The molecule has 1 nitrogen and oxygen atoms in total. The van der Waals surface area contributed by atoms with Crippen LogP contribution in [0.4, 0.5) is 0 Å². The largest absolute Gasteiger partial charge is 0.193 e. The summed E-state index contributed by atoms with van der Waals surface area (Å²) in [6.45, 7) is 2.10. The van der Waals surface area contributed by atoms with Crippen molar-refractivity contribution in [2.24, 2.45) is 0 Å². The number of allylic oxidation sites excluding steroid dienone is 1. The summed E-state index contributed by atoms with van der Waals surface area (Å²) in [4.78, 5) is 2.58. The number of benzene rings is 1. The molecular formula is C14H11NS. The molecule has 2 aromatic rings. The lowest BCUT2D eigenvalue weighted by Gasteiger charge is -1.98. The maximum atomic E-state index is 8.48. The Kier molecular flexibility index (Phi) is 3.19. The molecule has 0 spiro atoms. The lowest BCUT2D eigenvalue weighted by atomic mass is 10.1. The van der Waals surface area contributed by atoms with Crippen LogP contribution in [-0.2, 0) is 0 Å². The van der Waals surface area contributed by atoms with Crippen molar-refractivity contribution in [1.82, 2.24) is 0 Å². The van der Waals surface area contributed by atoms with Crippen LogP contribution in [0.3, 0.4) is 0 Å². The Balaban J connectivity index is 2.36. The van der Waals surface area contributed by atoms with E-state index in [-0.39, 0.29) is 0 Å². The molecule has 0 saturated heterocycles. The highest BCUT2D eigenvalue weighted by molar-refractivity contribution is 7.15. The molecule has 1 aromatic heterocycles. The van der Waals surface area contributed by atoms with Crippen LogP contribution in [-0.4, -0.2) is 0 Å². The minimum atomic E-state index is 1.06. The molecule has 2 rings (SSSR count). The minimum absolute atomic E-state index is 1.06. The molecule has 0 amide bonds. The third kappa shape index (κ3) is 2.39. The van der Waals surface area contributed by atoms with Crippen LogP contribution in [0.2, 0.25) is 0 Å². The summed E-state index contributed by atoms with van der Waals surface area (Å²) in [5, 5.41) is 8.48. The van der Waals surface area contributed by atoms with Gasteiger partial charge in [-0.2, -0.15) is 5.26 Å². The SMILES string of the molecule is Cc1ccc(-c2cccc(/C=C/C#N)c2)s1. The number of hydrogen-bond donors (Lipinski definition) is 0. The van der Waals surface area contributed by atoms with Crippen molar-refractivity contribution in [3.05, 3.63) is 52.9 Å². The highest BCUT2D eigenvalue weighted by Gasteiger charge is 2.00. The average molecular weight is 225 g/mol. The number of rotatable bonds is 2. The van der Waals surface area contributed by atoms with E-state index in [1.165, 1.54) is 21.4 Å². The minimum Gasteiger partial charge on any atom is -0.193 e. The monoisotopic (exact) mass is 225 g/mol. The predicted octanol–water partition coefficient (Wildman–Crippen LogP) is 4.26. The van der Waals surface area contributed by atoms with Crippen LogP contribution < -0.4 is 0 Å². The molecule has 0 bridgehead atoms. The average Bonchev–Trinajstić information content (AvgIpc) is 2.74. The van der Waals surface area contributed by atoms with E-state index >= 15 is 0 Å². The van der Waals surface area contributed by atoms with Crippen molar-refractivity contribution in [2.75, 3.05) is 0 Å². The summed E-state index contributed by atoms with van der Waals surface area (Å²) in [6, 6.07) is 14.5. The molecule has 0 fully saturated rings. The topological polar surface area (TPSA) is 23.8 Å². The van der Waals surface area contributed by atoms with Gasteiger partial charge in [0.1, 0.15) is 0 Å². The van der Waals surface area contributed by atoms with Crippen LogP contribution >= 0.6 is 11.3 Å². The molecule has 1 aromatic carbocycles. The van der Waals surface area contributed by atoms with Gasteiger partial charge in [-0.25, -0.2) is 0 Å². The van der Waals surface area contributed by atoms with Gasteiger partial charge in [-0.1, -0.05) is 18.2 Å². The molecule has 2 heteroatoms. The first-order valence-electron chi connectivity index (χ1n) is 5.02. The van der Waals surface area contributed by atoms with Crippen molar-refractivity contribution in [2.45, 2.75) is 6.92 Å². The standard InChI is InChI=1S/C14H11NS/c1-11-7-8-14(16-11)13-6-2-4-12(10-13)5-3-9-15/h2-8,10H,1H3/b5-3+. The number of nitriles is 1. The van der Waals surface area contributed by atoms with E-state index in [9.17, 15) is 0 Å². The fourth-order valence-electron chi connectivity index (χ4n) is 1.52. The molecule has 78 valence electrons. The van der Waals surface area contributed by atoms with Gasteiger partial charge in [0.15, 0.2) is 0 Å². The van der Waals surface area contributed by atoms with Gasteiger partial charge in [-0.05, 0) is 42.3 Å². The molecule has 0 atom stereocenters. The Morgan fingerprint density at radius 3 is 2.81 bits per heavy atom. The predicted molar refractivity (Wildman–Crippen MR) is 69.1 cm³/mol. The molecule has 0 aliphatic carbocycles. The van der Waals surface area contributed by atoms with E-state index < -0.39 is 0 Å². The maximum absolute atomic E-state index is 8.48. The van der Waals surface area contributed by atoms with E-state index in [1.807, 2.05) is 24.3 Å². The number of thiophene rings is 1. The first-order chi connectivity index (χ1) is 7.79. The highest BCUT2D eigenvalue weighted by Crippen LogP contribution is 2.28. The van der Waals surface area contributed by atoms with Crippen LogP contribution in [0.1, 0.15) is 10.4 Å². The van der Waals surface area contributed by atoms with Crippen LogP contribution in [0, 0.1) is 18.3 Å². The quantitative estimate of drug-likeness (QED) is 0.700. The van der Waals surface area contributed by atoms with E-state index in [1.54, 1.807) is 11.3 Å². The van der Waals surface area contributed by atoms with Gasteiger partial charge >= 0.3 is 0 Å². The van der Waals surface area contributed by atoms with Crippen LogP contribution in [0.25, 0.3) is 16.5 Å². The Morgan fingerprint density at radius 1 is 1.25 bits per heavy atom. The maximum Gasteiger partial charge on any atom is 0.0912 e. The summed E-state index contributed by atoms with van der Waals surface area (Å²) >= 11 is 1.78. The molecular weight excluding hydrogens is 214 g/mol. The summed E-state index contributed by atoms with van der Waals surface area (Å²) in [5.41, 5.74) is 2.27. The molecule has 0 unspecified atom stereocenters. The number of nitrogens with zero attached hydrogens (tertiary/aromatic N) is 1. The second-order valence-corrected chi connectivity index (χ2v) is 4.79. The van der Waals surface area contributed by atoms with Crippen molar-refractivity contribution >= 4 is 17.4 Å². The van der Waals surface area contributed by atoms with Gasteiger partial charge in [0.2, 0.25) is 0 Å². The van der Waals surface area contributed by atoms with Crippen LogP contribution in [0.5, 0.6) is 0 Å². The zero-order chi connectivity index (χ0) is 11.4. The lowest BCUT2D eigenvalue weighted by Crippen LogP contribution is -1.75. The third-order valence-electron chi connectivity index (χ3n) is 2.26. The van der Waals surface area contributed by atoms with Gasteiger partial charge in [0.05, 0.1) is 6.07 Å². The summed E-state index contributed by atoms with van der Waals surface area (Å²) in [6.07, 6.45) is 3.32. The van der Waals surface area contributed by atoms with Crippen molar-refractivity contribution in [3.63, 3.8) is 0 Å². The molecule has 0 saturated carbocycles. The fraction of sp³-hybridized carbons (Fsp3) is 0.0714. The summed E-state index contributed by atoms with van der Waals surface area (Å²) in [5.74, 6) is 0. The zero-order valence-corrected chi connectivity index (χ0v) is 9.79. The smallest absolute Gasteiger partial charge is 0.0912 e. The van der Waals surface area contributed by atoms with Gasteiger partial charge in [-0.15, -0.1) is 11.3 Å². The van der Waals surface area contributed by atoms with E-state index in [0.29, 0.717) is 0 Å². The fourth-order valence-corrected chi connectivity index (χ4v) is 2.38. The van der Waals surface area contributed by atoms with Gasteiger partial charge < -0.3 is 0 Å². The highest BCUT2D eigenvalue weighted by atomic mass is 32.1. The Bertz CT molecular complexity index is 558. The molecule has 0 aliphatic heterocycles. The molecule has 1 heterocycles. The van der Waals surface area contributed by atoms with Gasteiger partial charge in [-0.3, -0.25) is 0 Å².